The topological polar surface area (TPSA) is 49.7 Å². The predicted molar refractivity (Wildman–Crippen MR) is 150 cm³/mol. The Morgan fingerprint density at radius 2 is 1.92 bits per heavy atom. The number of carbonyl (C=O) groups excluding carboxylic acids is 1. The summed E-state index contributed by atoms with van der Waals surface area (Å²) in [6.45, 7) is 5.58. The van der Waals surface area contributed by atoms with Gasteiger partial charge >= 0.3 is 5.91 Å². The number of allylic oxidation sites excluding steroid dienone is 9. The van der Waals surface area contributed by atoms with Gasteiger partial charge in [-0.05, 0) is 66.8 Å². The van der Waals surface area contributed by atoms with E-state index < -0.39 is 11.7 Å². The number of anilines is 1. The van der Waals surface area contributed by atoms with Crippen molar-refractivity contribution in [2.75, 3.05) is 18.0 Å². The summed E-state index contributed by atoms with van der Waals surface area (Å²) in [5.74, 6) is 4.63. The Morgan fingerprint density at radius 1 is 1.05 bits per heavy atom. The smallest absolute Gasteiger partial charge is 0.319 e. The lowest BCUT2D eigenvalue weighted by Crippen LogP contribution is -2.27. The molecule has 1 amide bonds. The van der Waals surface area contributed by atoms with Crippen LogP contribution >= 0.6 is 0 Å². The predicted octanol–water partition coefficient (Wildman–Crippen LogP) is 7.92. The lowest BCUT2D eigenvalue weighted by atomic mass is 10.1. The first kappa shape index (κ1) is 27.6. The molecule has 190 valence electrons. The molecule has 0 unspecified atom stereocenters. The molecule has 4 nitrogen and oxygen atoms in total. The molecule has 0 heterocycles. The normalized spacial score (nSPS) is 14.4. The van der Waals surface area contributed by atoms with Crippen LogP contribution in [0.1, 0.15) is 62.7 Å². The molecule has 2 aliphatic rings. The molecule has 5 heteroatoms. The van der Waals surface area contributed by atoms with Gasteiger partial charge in [-0.2, -0.15) is 0 Å². The maximum absolute atomic E-state index is 14.1. The highest BCUT2D eigenvalue weighted by atomic mass is 19.1. The fourth-order valence-electron chi connectivity index (χ4n) is 4.03. The van der Waals surface area contributed by atoms with Crippen LogP contribution in [0.15, 0.2) is 100 Å². The molecule has 0 N–H and O–H groups in total. The van der Waals surface area contributed by atoms with Crippen LogP contribution in [0.3, 0.4) is 0 Å². The Hall–Kier alpha value is -4.00. The van der Waals surface area contributed by atoms with Gasteiger partial charge in [0.05, 0.1) is 11.1 Å². The number of nitrogens with zero attached hydrogens (tertiary/aromatic N) is 2. The third-order valence-corrected chi connectivity index (χ3v) is 6.22. The maximum atomic E-state index is 14.1. The van der Waals surface area contributed by atoms with E-state index in [1.54, 1.807) is 6.07 Å². The molecule has 1 aromatic carbocycles. The van der Waals surface area contributed by atoms with Crippen molar-refractivity contribution in [3.05, 3.63) is 111 Å². The van der Waals surface area contributed by atoms with Crippen molar-refractivity contribution in [1.82, 2.24) is 0 Å². The molecule has 1 aromatic rings. The third kappa shape index (κ3) is 8.56. The van der Waals surface area contributed by atoms with Gasteiger partial charge in [-0.25, -0.2) is 4.39 Å². The number of halogens is 1. The molecule has 0 saturated heterocycles. The van der Waals surface area contributed by atoms with Gasteiger partial charge in [0.1, 0.15) is 5.82 Å². The third-order valence-electron chi connectivity index (χ3n) is 6.22. The molecule has 0 fully saturated rings. The van der Waals surface area contributed by atoms with E-state index in [1.165, 1.54) is 17.7 Å². The van der Waals surface area contributed by atoms with Crippen LogP contribution in [0, 0.1) is 22.6 Å². The number of hydrogen-bond acceptors (Lipinski definition) is 3. The van der Waals surface area contributed by atoms with E-state index in [0.717, 1.165) is 61.8 Å². The van der Waals surface area contributed by atoms with E-state index in [2.05, 4.69) is 65.8 Å². The van der Waals surface area contributed by atoms with E-state index in [4.69, 9.17) is 0 Å². The van der Waals surface area contributed by atoms with E-state index in [9.17, 15) is 14.1 Å². The largest absolute Gasteiger partial charge is 0.367 e. The first-order chi connectivity index (χ1) is 18.0. The summed E-state index contributed by atoms with van der Waals surface area (Å²) in [5, 5.41) is 2.40. The molecule has 0 atom stereocenters. The average molecular weight is 497 g/mol. The second-order valence-corrected chi connectivity index (χ2v) is 8.99. The van der Waals surface area contributed by atoms with Gasteiger partial charge in [-0.3, -0.25) is 4.79 Å². The zero-order chi connectivity index (χ0) is 26.5. The van der Waals surface area contributed by atoms with Gasteiger partial charge in [-0.1, -0.05) is 75.3 Å². The van der Waals surface area contributed by atoms with E-state index in [0.29, 0.717) is 12.2 Å². The fourth-order valence-corrected chi connectivity index (χ4v) is 4.03. The zero-order valence-electron chi connectivity index (χ0n) is 21.6. The van der Waals surface area contributed by atoms with Gasteiger partial charge in [0, 0.05) is 29.5 Å². The van der Waals surface area contributed by atoms with Gasteiger partial charge in [-0.15, -0.1) is 10.6 Å². The van der Waals surface area contributed by atoms with Gasteiger partial charge in [0.15, 0.2) is 0 Å². The second-order valence-electron chi connectivity index (χ2n) is 8.99. The summed E-state index contributed by atoms with van der Waals surface area (Å²) < 4.78 is 14.1. The van der Waals surface area contributed by atoms with Crippen molar-refractivity contribution < 1.29 is 9.18 Å². The summed E-state index contributed by atoms with van der Waals surface area (Å²) in [4.78, 5) is 24.6. The number of nitroso groups, excluding NO2 is 1. The Kier molecular flexibility index (Phi) is 10.8. The number of hydrogen-bond donors (Lipinski definition) is 0. The minimum Gasteiger partial charge on any atom is -0.367 e. The van der Waals surface area contributed by atoms with Gasteiger partial charge < -0.3 is 4.90 Å². The zero-order valence-corrected chi connectivity index (χ0v) is 21.6. The van der Waals surface area contributed by atoms with Crippen LogP contribution in [-0.4, -0.2) is 19.0 Å². The van der Waals surface area contributed by atoms with Gasteiger partial charge in [0.2, 0.25) is 0 Å². The molecule has 0 saturated carbocycles. The quantitative estimate of drug-likeness (QED) is 0.143. The van der Waals surface area contributed by atoms with Crippen molar-refractivity contribution in [3.8, 4) is 11.8 Å². The molecule has 0 spiro atoms. The minimum atomic E-state index is -1.10. The number of amides is 1. The molecule has 0 radical (unpaired) electrons. The summed E-state index contributed by atoms with van der Waals surface area (Å²) in [5.41, 5.74) is 7.77. The van der Waals surface area contributed by atoms with Crippen LogP contribution in [0.2, 0.25) is 0 Å². The molecule has 0 aliphatic heterocycles. The number of rotatable bonds is 10. The fraction of sp³-hybridized carbons (Fsp3) is 0.312. The van der Waals surface area contributed by atoms with Crippen LogP contribution in [-0.2, 0) is 0 Å². The first-order valence-electron chi connectivity index (χ1n) is 12.9. The van der Waals surface area contributed by atoms with Crippen LogP contribution in [0.25, 0.3) is 0 Å². The summed E-state index contributed by atoms with van der Waals surface area (Å²) in [7, 11) is 0. The SMILES string of the molecule is CCCCCCN(CC1=CC=C=C(C#CC2=CC=C(CC)C=CC2)C=C1)c1ccc(F)c(C(=O)N=O)c1. The molecule has 0 bridgehead atoms. The molecule has 2 aliphatic carbocycles. The minimum absolute atomic E-state index is 0.306. The molecule has 3 rings (SSSR count). The molecule has 37 heavy (non-hydrogen) atoms. The number of benzene rings is 1. The standard InChI is InChI=1S/C32H33FN2O2/c1-3-5-6-7-22-35(29-20-21-31(33)30(23-29)32(36)34-37)24-28-13-9-12-27(18-19-28)17-16-26-11-8-10-25(4-2)14-15-26/h8-10,13-15,18-21,23H,3-7,11,22,24H2,1-2H3. The maximum Gasteiger partial charge on any atom is 0.319 e. The highest BCUT2D eigenvalue weighted by Crippen LogP contribution is 2.23. The average Bonchev–Trinajstić information content (AvgIpc) is 3.29. The molecular weight excluding hydrogens is 463 g/mol. The Balaban J connectivity index is 1.75. The Labute approximate surface area is 219 Å². The van der Waals surface area contributed by atoms with Crippen molar-refractivity contribution in [2.24, 2.45) is 5.18 Å². The number of unbranched alkanes of at least 4 members (excludes halogenated alkanes) is 3. The lowest BCUT2D eigenvalue weighted by molar-refractivity contribution is 0.0997. The van der Waals surface area contributed by atoms with Crippen LogP contribution in [0.4, 0.5) is 10.1 Å². The highest BCUT2D eigenvalue weighted by Gasteiger charge is 2.16. The molecular formula is C32H33FN2O2. The van der Waals surface area contributed by atoms with Crippen molar-refractivity contribution in [2.45, 2.75) is 52.4 Å². The van der Waals surface area contributed by atoms with E-state index in [1.807, 2.05) is 24.3 Å². The monoisotopic (exact) mass is 496 g/mol. The van der Waals surface area contributed by atoms with Gasteiger partial charge in [0.25, 0.3) is 0 Å². The van der Waals surface area contributed by atoms with Crippen LogP contribution < -0.4 is 4.90 Å². The van der Waals surface area contributed by atoms with Crippen molar-refractivity contribution >= 4 is 11.6 Å². The molecule has 0 aromatic heterocycles. The summed E-state index contributed by atoms with van der Waals surface area (Å²) >= 11 is 0. The van der Waals surface area contributed by atoms with E-state index >= 15 is 0 Å². The summed E-state index contributed by atoms with van der Waals surface area (Å²) in [6, 6.07) is 4.27. The second kappa shape index (κ2) is 14.5. The lowest BCUT2D eigenvalue weighted by Gasteiger charge is -2.26. The van der Waals surface area contributed by atoms with Crippen molar-refractivity contribution in [3.63, 3.8) is 0 Å². The van der Waals surface area contributed by atoms with E-state index in [-0.39, 0.29) is 5.56 Å². The number of carbonyl (C=O) groups is 1. The van der Waals surface area contributed by atoms with Crippen LogP contribution in [0.5, 0.6) is 0 Å². The van der Waals surface area contributed by atoms with Crippen molar-refractivity contribution in [1.29, 1.82) is 0 Å². The first-order valence-corrected chi connectivity index (χ1v) is 12.9. The Bertz CT molecular complexity index is 1290. The summed E-state index contributed by atoms with van der Waals surface area (Å²) in [6.07, 6.45) is 22.4. The highest BCUT2D eigenvalue weighted by molar-refractivity contribution is 5.96. The Morgan fingerprint density at radius 3 is 2.70 bits per heavy atom.